The van der Waals surface area contributed by atoms with E-state index in [1.807, 2.05) is 30.7 Å². The van der Waals surface area contributed by atoms with E-state index >= 15 is 0 Å². The van der Waals surface area contributed by atoms with Crippen LogP contribution in [0.25, 0.3) is 0 Å². The monoisotopic (exact) mass is 322 g/mol. The minimum atomic E-state index is -0.0183. The first-order chi connectivity index (χ1) is 11.8. The van der Waals surface area contributed by atoms with Crippen LogP contribution in [0, 0.1) is 5.92 Å². The van der Waals surface area contributed by atoms with Crippen LogP contribution >= 0.6 is 0 Å². The molecular weight excluding hydrogens is 300 g/mol. The molecule has 1 atom stereocenters. The number of ether oxygens (including phenoxy) is 1. The van der Waals surface area contributed by atoms with E-state index in [0.717, 1.165) is 31.1 Å². The molecule has 1 N–H and O–H groups in total. The van der Waals surface area contributed by atoms with Crippen molar-refractivity contribution in [1.82, 2.24) is 14.9 Å². The molecule has 6 heterocycles. The second-order valence-electron chi connectivity index (χ2n) is 7.29. The first kappa shape index (κ1) is 14.2. The number of fused-ring (bicyclic) bond motifs is 3. The largest absolute Gasteiger partial charge is 0.469 e. The first-order valence-electron chi connectivity index (χ1n) is 8.84. The molecule has 0 amide bonds. The molecule has 0 radical (unpaired) electrons. The number of rotatable bonds is 3. The fourth-order valence-electron chi connectivity index (χ4n) is 4.51. The van der Waals surface area contributed by atoms with Gasteiger partial charge in [0.1, 0.15) is 5.60 Å². The van der Waals surface area contributed by atoms with E-state index in [2.05, 4.69) is 26.3 Å². The fourth-order valence-corrected chi connectivity index (χ4v) is 4.51. The molecule has 4 aliphatic rings. The second kappa shape index (κ2) is 5.45. The maximum atomic E-state index is 6.40. The minimum Gasteiger partial charge on any atom is -0.469 e. The Morgan fingerprint density at radius 2 is 2.08 bits per heavy atom. The Morgan fingerprint density at radius 1 is 1.25 bits per heavy atom. The van der Waals surface area contributed by atoms with Crippen LogP contribution in [0.3, 0.4) is 0 Å². The van der Waals surface area contributed by atoms with E-state index in [0.29, 0.717) is 5.92 Å². The van der Waals surface area contributed by atoms with Gasteiger partial charge in [-0.05, 0) is 49.7 Å². The van der Waals surface area contributed by atoms with Crippen molar-refractivity contribution in [2.45, 2.75) is 31.4 Å². The van der Waals surface area contributed by atoms with Crippen LogP contribution in [0.15, 0.2) is 36.8 Å². The molecule has 3 fully saturated rings. The lowest BCUT2D eigenvalue weighted by Crippen LogP contribution is -2.61. The Hall–Kier alpha value is -2.14. The van der Waals surface area contributed by atoms with Gasteiger partial charge < -0.3 is 10.1 Å². The predicted octanol–water partition coefficient (Wildman–Crippen LogP) is 2.49. The van der Waals surface area contributed by atoms with Gasteiger partial charge in [-0.15, -0.1) is 0 Å². The van der Waals surface area contributed by atoms with Crippen molar-refractivity contribution in [3.8, 4) is 5.88 Å². The Kier molecular flexibility index (Phi) is 3.23. The van der Waals surface area contributed by atoms with Crippen molar-refractivity contribution in [2.24, 2.45) is 5.92 Å². The van der Waals surface area contributed by atoms with Gasteiger partial charge >= 0.3 is 0 Å². The summed E-state index contributed by atoms with van der Waals surface area (Å²) >= 11 is 0. The van der Waals surface area contributed by atoms with E-state index in [1.54, 1.807) is 0 Å². The van der Waals surface area contributed by atoms with E-state index in [4.69, 9.17) is 4.74 Å². The third-order valence-corrected chi connectivity index (χ3v) is 5.78. The highest BCUT2D eigenvalue weighted by Crippen LogP contribution is 2.46. The lowest BCUT2D eigenvalue weighted by atomic mass is 9.73. The van der Waals surface area contributed by atoms with Crippen LogP contribution in [-0.2, 0) is 13.0 Å². The number of anilines is 1. The molecule has 4 aliphatic heterocycles. The zero-order valence-electron chi connectivity index (χ0n) is 13.7. The van der Waals surface area contributed by atoms with Gasteiger partial charge in [-0.2, -0.15) is 0 Å². The van der Waals surface area contributed by atoms with Gasteiger partial charge in [0.25, 0.3) is 0 Å². The average Bonchev–Trinajstić information content (AvgIpc) is 2.98. The van der Waals surface area contributed by atoms with Gasteiger partial charge in [0.2, 0.25) is 5.88 Å². The lowest BCUT2D eigenvalue weighted by Gasteiger charge is -2.50. The Balaban J connectivity index is 1.33. The number of nitrogens with zero attached hydrogens (tertiary/aromatic N) is 3. The van der Waals surface area contributed by atoms with Crippen LogP contribution in [0.4, 0.5) is 5.69 Å². The average molecular weight is 322 g/mol. The number of hydrogen-bond acceptors (Lipinski definition) is 5. The van der Waals surface area contributed by atoms with Gasteiger partial charge in [0.15, 0.2) is 0 Å². The standard InChI is InChI=1S/C19H22N4O/c1-5-20-6-2-14(1)11-21-17-9-15-10-19(24-18(15)22-12-17)13-23-7-3-16(19)4-8-23/h1-2,5-6,9,12,16,21H,3-4,7-8,10-11,13H2/t19-/m0/s1. The number of aromatic nitrogens is 2. The molecule has 2 bridgehead atoms. The topological polar surface area (TPSA) is 50.3 Å². The molecule has 5 nitrogen and oxygen atoms in total. The summed E-state index contributed by atoms with van der Waals surface area (Å²) in [5, 5.41) is 3.46. The number of hydrogen-bond donors (Lipinski definition) is 1. The molecule has 24 heavy (non-hydrogen) atoms. The van der Waals surface area contributed by atoms with E-state index in [-0.39, 0.29) is 5.60 Å². The Labute approximate surface area is 142 Å². The van der Waals surface area contributed by atoms with Gasteiger partial charge in [-0.1, -0.05) is 0 Å². The van der Waals surface area contributed by atoms with Gasteiger partial charge in [-0.25, -0.2) is 4.98 Å². The van der Waals surface area contributed by atoms with Gasteiger partial charge in [0, 0.05) is 43.4 Å². The molecule has 3 saturated heterocycles. The smallest absolute Gasteiger partial charge is 0.217 e. The van der Waals surface area contributed by atoms with Crippen LogP contribution in [0.1, 0.15) is 24.0 Å². The number of nitrogens with one attached hydrogen (secondary N) is 1. The van der Waals surface area contributed by atoms with Crippen molar-refractivity contribution >= 4 is 5.69 Å². The van der Waals surface area contributed by atoms with E-state index in [1.165, 1.54) is 37.1 Å². The fraction of sp³-hybridized carbons (Fsp3) is 0.474. The number of pyridine rings is 2. The Morgan fingerprint density at radius 3 is 2.83 bits per heavy atom. The molecule has 1 spiro atoms. The summed E-state index contributed by atoms with van der Waals surface area (Å²) in [5.41, 5.74) is 3.52. The molecule has 0 aromatic carbocycles. The lowest BCUT2D eigenvalue weighted by molar-refractivity contribution is -0.0814. The maximum absolute atomic E-state index is 6.40. The summed E-state index contributed by atoms with van der Waals surface area (Å²) in [5.74, 6) is 1.53. The third-order valence-electron chi connectivity index (χ3n) is 5.78. The van der Waals surface area contributed by atoms with Gasteiger partial charge in [-0.3, -0.25) is 9.88 Å². The third kappa shape index (κ3) is 2.35. The maximum Gasteiger partial charge on any atom is 0.217 e. The summed E-state index contributed by atoms with van der Waals surface area (Å²) in [6.07, 6.45) is 9.07. The van der Waals surface area contributed by atoms with E-state index in [9.17, 15) is 0 Å². The molecule has 5 heteroatoms. The predicted molar refractivity (Wildman–Crippen MR) is 92.0 cm³/mol. The molecule has 6 rings (SSSR count). The summed E-state index contributed by atoms with van der Waals surface area (Å²) in [7, 11) is 0. The van der Waals surface area contributed by atoms with Crippen LogP contribution < -0.4 is 10.1 Å². The Bertz CT molecular complexity index is 742. The van der Waals surface area contributed by atoms with Crippen molar-refractivity contribution in [3.05, 3.63) is 47.9 Å². The van der Waals surface area contributed by atoms with Crippen molar-refractivity contribution < 1.29 is 4.74 Å². The first-order valence-corrected chi connectivity index (χ1v) is 8.84. The molecule has 0 aliphatic carbocycles. The summed E-state index contributed by atoms with van der Waals surface area (Å²) in [6, 6.07) is 6.27. The molecule has 0 unspecified atom stereocenters. The summed E-state index contributed by atoms with van der Waals surface area (Å²) in [6.45, 7) is 4.32. The molecule has 2 aromatic rings. The van der Waals surface area contributed by atoms with Crippen molar-refractivity contribution in [3.63, 3.8) is 0 Å². The van der Waals surface area contributed by atoms with Crippen LogP contribution in [0.2, 0.25) is 0 Å². The highest BCUT2D eigenvalue weighted by molar-refractivity contribution is 5.49. The van der Waals surface area contributed by atoms with E-state index < -0.39 is 0 Å². The zero-order valence-corrected chi connectivity index (χ0v) is 13.7. The number of piperidine rings is 3. The minimum absolute atomic E-state index is 0.0183. The van der Waals surface area contributed by atoms with Crippen LogP contribution in [-0.4, -0.2) is 40.1 Å². The molecular formula is C19H22N4O. The van der Waals surface area contributed by atoms with Crippen molar-refractivity contribution in [2.75, 3.05) is 25.0 Å². The molecule has 124 valence electrons. The normalized spacial score (nSPS) is 30.2. The second-order valence-corrected chi connectivity index (χ2v) is 7.29. The summed E-state index contributed by atoms with van der Waals surface area (Å²) < 4.78 is 6.40. The quantitative estimate of drug-likeness (QED) is 0.941. The van der Waals surface area contributed by atoms with Gasteiger partial charge in [0.05, 0.1) is 11.9 Å². The highest BCUT2D eigenvalue weighted by Gasteiger charge is 2.52. The van der Waals surface area contributed by atoms with Crippen molar-refractivity contribution in [1.29, 1.82) is 0 Å². The molecule has 2 aromatic heterocycles. The summed E-state index contributed by atoms with van der Waals surface area (Å²) in [4.78, 5) is 11.2. The molecule has 0 saturated carbocycles. The van der Waals surface area contributed by atoms with Crippen LogP contribution in [0.5, 0.6) is 5.88 Å². The highest BCUT2D eigenvalue weighted by atomic mass is 16.5. The SMILES string of the molecule is c1cc(CNc2cnc3c(c2)C[C@@]2(CN4CCC2CC4)O3)ccn1. The zero-order chi connectivity index (χ0) is 16.0.